The Balaban J connectivity index is 0.000000154. The molecule has 0 saturated heterocycles. The summed E-state index contributed by atoms with van der Waals surface area (Å²) in [6, 6.07) is 56.1. The molecule has 0 aliphatic carbocycles. The normalized spacial score (nSPS) is 11.0. The van der Waals surface area contributed by atoms with Gasteiger partial charge in [-0.2, -0.15) is 0 Å². The molecule has 5 aromatic carbocycles. The molecule has 0 N–H and O–H groups in total. The molecule has 59 heavy (non-hydrogen) atoms. The monoisotopic (exact) mass is 966 g/mol. The molecule has 4 nitrogen and oxygen atoms in total. The minimum absolute atomic E-state index is 0. The maximum Gasteiger partial charge on any atom is 0.145 e. The van der Waals surface area contributed by atoms with Crippen molar-refractivity contribution in [1.82, 2.24) is 15.0 Å². The van der Waals surface area contributed by atoms with Crippen LogP contribution in [0.4, 0.5) is 0 Å². The van der Waals surface area contributed by atoms with Crippen LogP contribution in [0.15, 0.2) is 187 Å². The molecule has 9 aromatic rings. The number of rotatable bonds is 7. The van der Waals surface area contributed by atoms with Crippen molar-refractivity contribution in [3.63, 3.8) is 0 Å². The van der Waals surface area contributed by atoms with E-state index in [1.54, 1.807) is 0 Å². The Bertz CT molecular complexity index is 2710. The van der Waals surface area contributed by atoms with E-state index < -0.39 is 8.07 Å². The maximum atomic E-state index is 6.26. The summed E-state index contributed by atoms with van der Waals surface area (Å²) in [5, 5.41) is 3.77. The molecule has 4 aromatic heterocycles. The van der Waals surface area contributed by atoms with E-state index >= 15 is 0 Å². The largest absolute Gasteiger partial charge is 0.455 e. The van der Waals surface area contributed by atoms with Gasteiger partial charge in [0, 0.05) is 66.2 Å². The van der Waals surface area contributed by atoms with Gasteiger partial charge in [0.1, 0.15) is 11.2 Å². The molecule has 297 valence electrons. The standard InChI is InChI=1S/C23H15NO.C17H23NSi.C13H13N.Ir/c1-2-8-16(9-3-1)17-13-14-18(20-11-6-7-15-24-20)23-22(17)19-10-4-5-12-21(19)25-23;1-13(2)15-11-16(14-9-7-6-8-10-14)18-12-17(15)19(3,4)5;1-2-11-8-9-14-13(10-11)12-6-4-3-5-7-12;/h1-15H;6-13H,1-5H3;3-10H,2H2,1H3;. The number of fused-ring (bicyclic) bond motifs is 3. The molecule has 0 aliphatic heterocycles. The van der Waals surface area contributed by atoms with Crippen LogP contribution in [0, 0.1) is 0 Å². The van der Waals surface area contributed by atoms with Crippen LogP contribution >= 0.6 is 0 Å². The Hall–Kier alpha value is -5.78. The summed E-state index contributed by atoms with van der Waals surface area (Å²) in [4.78, 5) is 13.6. The Kier molecular flexibility index (Phi) is 14.4. The second kappa shape index (κ2) is 19.8. The Morgan fingerprint density at radius 2 is 1.10 bits per heavy atom. The first-order chi connectivity index (χ1) is 28.2. The molecular weight excluding hydrogens is 915 g/mol. The smallest absolute Gasteiger partial charge is 0.145 e. The van der Waals surface area contributed by atoms with E-state index in [1.165, 1.54) is 38.6 Å². The third-order valence-corrected chi connectivity index (χ3v) is 12.3. The van der Waals surface area contributed by atoms with Gasteiger partial charge in [0.25, 0.3) is 0 Å². The van der Waals surface area contributed by atoms with Crippen molar-refractivity contribution in [2.24, 2.45) is 0 Å². The molecule has 0 bridgehead atoms. The van der Waals surface area contributed by atoms with Gasteiger partial charge in [-0.15, -0.1) is 0 Å². The first kappa shape index (κ1) is 42.8. The van der Waals surface area contributed by atoms with E-state index in [1.807, 2.05) is 73.1 Å². The molecule has 0 aliphatic rings. The predicted molar refractivity (Wildman–Crippen MR) is 248 cm³/mol. The van der Waals surface area contributed by atoms with Gasteiger partial charge in [0.2, 0.25) is 0 Å². The minimum Gasteiger partial charge on any atom is -0.455 e. The molecule has 0 atom stereocenters. The molecule has 6 heteroatoms. The van der Waals surface area contributed by atoms with Crippen LogP contribution in [0.3, 0.4) is 0 Å². The molecule has 1 radical (unpaired) electrons. The van der Waals surface area contributed by atoms with E-state index in [4.69, 9.17) is 9.40 Å². The molecule has 9 rings (SSSR count). The van der Waals surface area contributed by atoms with Crippen LogP contribution in [-0.2, 0) is 26.5 Å². The van der Waals surface area contributed by atoms with Crippen LogP contribution in [0.25, 0.3) is 66.8 Å². The fourth-order valence-corrected chi connectivity index (χ4v) is 8.89. The van der Waals surface area contributed by atoms with Crippen LogP contribution in [0.1, 0.15) is 37.8 Å². The zero-order chi connectivity index (χ0) is 40.5. The Morgan fingerprint density at radius 3 is 1.69 bits per heavy atom. The van der Waals surface area contributed by atoms with Crippen molar-refractivity contribution in [2.75, 3.05) is 0 Å². The van der Waals surface area contributed by atoms with Crippen molar-refractivity contribution in [3.8, 4) is 44.9 Å². The summed E-state index contributed by atoms with van der Waals surface area (Å²) in [5.41, 5.74) is 13.4. The average Bonchev–Trinajstić information content (AvgIpc) is 3.67. The van der Waals surface area contributed by atoms with Gasteiger partial charge in [0.05, 0.1) is 25.2 Å². The van der Waals surface area contributed by atoms with Gasteiger partial charge in [-0.1, -0.05) is 162 Å². The summed E-state index contributed by atoms with van der Waals surface area (Å²) in [7, 11) is -1.33. The second-order valence-corrected chi connectivity index (χ2v) is 20.8. The number of aromatic nitrogens is 3. The fraction of sp³-hybridized carbons (Fsp3) is 0.151. The second-order valence-electron chi connectivity index (χ2n) is 15.7. The zero-order valence-corrected chi connectivity index (χ0v) is 38.1. The van der Waals surface area contributed by atoms with Crippen molar-refractivity contribution < 1.29 is 24.5 Å². The van der Waals surface area contributed by atoms with E-state index in [-0.39, 0.29) is 20.1 Å². The summed E-state index contributed by atoms with van der Waals surface area (Å²) in [6.07, 6.45) is 6.86. The topological polar surface area (TPSA) is 51.8 Å². The van der Waals surface area contributed by atoms with Gasteiger partial charge in [-0.3, -0.25) is 15.0 Å². The third-order valence-electron chi connectivity index (χ3n) is 10.3. The fourth-order valence-electron chi connectivity index (χ4n) is 7.21. The van der Waals surface area contributed by atoms with Gasteiger partial charge < -0.3 is 4.42 Å². The van der Waals surface area contributed by atoms with Crippen molar-refractivity contribution in [3.05, 3.63) is 194 Å². The van der Waals surface area contributed by atoms with E-state index in [9.17, 15) is 0 Å². The summed E-state index contributed by atoms with van der Waals surface area (Å²) in [5.74, 6) is 0.548. The number of furan rings is 1. The molecule has 4 heterocycles. The molecule has 0 amide bonds. The molecule has 0 spiro atoms. The van der Waals surface area contributed by atoms with Crippen LogP contribution < -0.4 is 5.19 Å². The van der Waals surface area contributed by atoms with E-state index in [0.29, 0.717) is 5.92 Å². The number of aryl methyl sites for hydroxylation is 1. The van der Waals surface area contributed by atoms with Crippen molar-refractivity contribution in [2.45, 2.75) is 52.8 Å². The first-order valence-corrected chi connectivity index (χ1v) is 23.7. The summed E-state index contributed by atoms with van der Waals surface area (Å²) >= 11 is 0. The van der Waals surface area contributed by atoms with Gasteiger partial charge >= 0.3 is 0 Å². The number of nitrogens with zero attached hydrogens (tertiary/aromatic N) is 3. The summed E-state index contributed by atoms with van der Waals surface area (Å²) < 4.78 is 6.26. The molecule has 0 unspecified atom stereocenters. The SMILES string of the molecule is CC(C)c1cc(-c2ccccc2)ncc1[Si](C)(C)C.CCc1ccnc(-c2ccccc2)c1.[Ir].c1ccc(-c2ccc(-c3ccccn3)c3oc4ccccc4c23)cc1. The van der Waals surface area contributed by atoms with Gasteiger partial charge in [-0.05, 0) is 82.2 Å². The van der Waals surface area contributed by atoms with Crippen molar-refractivity contribution in [1.29, 1.82) is 0 Å². The van der Waals surface area contributed by atoms with Crippen LogP contribution in [-0.4, -0.2) is 23.0 Å². The third kappa shape index (κ3) is 10.3. The number of benzene rings is 5. The van der Waals surface area contributed by atoms with Gasteiger partial charge in [-0.25, -0.2) is 0 Å². The zero-order valence-electron chi connectivity index (χ0n) is 34.7. The minimum atomic E-state index is -1.33. The predicted octanol–water partition coefficient (Wildman–Crippen LogP) is 14.0. The molecule has 0 fully saturated rings. The Labute approximate surface area is 363 Å². The quantitative estimate of drug-likeness (QED) is 0.149. The Morgan fingerprint density at radius 1 is 0.542 bits per heavy atom. The van der Waals surface area contributed by atoms with E-state index in [2.05, 4.69) is 160 Å². The van der Waals surface area contributed by atoms with Crippen molar-refractivity contribution >= 4 is 35.2 Å². The number of pyridine rings is 3. The average molecular weight is 966 g/mol. The van der Waals surface area contributed by atoms with Crippen LogP contribution in [0.5, 0.6) is 0 Å². The number of hydrogen-bond donors (Lipinski definition) is 0. The van der Waals surface area contributed by atoms with Gasteiger partial charge in [0.15, 0.2) is 0 Å². The van der Waals surface area contributed by atoms with Crippen LogP contribution in [0.2, 0.25) is 19.6 Å². The molecular formula is C53H51IrN3OSi. The molecule has 0 saturated carbocycles. The maximum absolute atomic E-state index is 6.26. The first-order valence-electron chi connectivity index (χ1n) is 20.2. The van der Waals surface area contributed by atoms with E-state index in [0.717, 1.165) is 51.0 Å². The summed E-state index contributed by atoms with van der Waals surface area (Å²) in [6.45, 7) is 13.9. The number of hydrogen-bond acceptors (Lipinski definition) is 4. The number of para-hydroxylation sites is 1.